The molecule has 1 aromatic heterocycles. The SMILES string of the molecule is CCOc1ccc(NCc2csnn2)cc1. The van der Waals surface area contributed by atoms with Crippen LogP contribution in [0, 0.1) is 0 Å². The average Bonchev–Trinajstić information content (AvgIpc) is 2.82. The Balaban J connectivity index is 1.90. The number of hydrogen-bond acceptors (Lipinski definition) is 5. The molecule has 4 nitrogen and oxygen atoms in total. The van der Waals surface area contributed by atoms with Crippen LogP contribution in [0.15, 0.2) is 29.6 Å². The van der Waals surface area contributed by atoms with Crippen LogP contribution in [0.3, 0.4) is 0 Å². The Morgan fingerprint density at radius 3 is 2.75 bits per heavy atom. The zero-order chi connectivity index (χ0) is 11.2. The van der Waals surface area contributed by atoms with Gasteiger partial charge in [0.15, 0.2) is 0 Å². The molecule has 16 heavy (non-hydrogen) atoms. The molecule has 0 saturated heterocycles. The molecule has 0 aliphatic heterocycles. The van der Waals surface area contributed by atoms with Gasteiger partial charge in [-0.15, -0.1) is 5.10 Å². The summed E-state index contributed by atoms with van der Waals surface area (Å²) in [5.74, 6) is 0.892. The van der Waals surface area contributed by atoms with Crippen LogP contribution in [0.2, 0.25) is 0 Å². The number of ether oxygens (including phenoxy) is 1. The first-order chi connectivity index (χ1) is 7.88. The van der Waals surface area contributed by atoms with Crippen LogP contribution in [0.4, 0.5) is 5.69 Å². The van der Waals surface area contributed by atoms with E-state index >= 15 is 0 Å². The minimum Gasteiger partial charge on any atom is -0.494 e. The van der Waals surface area contributed by atoms with Gasteiger partial charge in [0.2, 0.25) is 0 Å². The maximum Gasteiger partial charge on any atom is 0.119 e. The van der Waals surface area contributed by atoms with E-state index in [0.717, 1.165) is 17.1 Å². The maximum atomic E-state index is 5.36. The van der Waals surface area contributed by atoms with Crippen molar-refractivity contribution >= 4 is 17.2 Å². The summed E-state index contributed by atoms with van der Waals surface area (Å²) in [5, 5.41) is 9.16. The summed E-state index contributed by atoms with van der Waals surface area (Å²) in [6.45, 7) is 3.36. The van der Waals surface area contributed by atoms with Crippen molar-refractivity contribution < 1.29 is 4.74 Å². The first-order valence-electron chi connectivity index (χ1n) is 5.11. The van der Waals surface area contributed by atoms with E-state index in [1.54, 1.807) is 0 Å². The van der Waals surface area contributed by atoms with Gasteiger partial charge in [0.1, 0.15) is 5.75 Å². The summed E-state index contributed by atoms with van der Waals surface area (Å²) in [6, 6.07) is 7.88. The number of rotatable bonds is 5. The van der Waals surface area contributed by atoms with Crippen LogP contribution in [0.25, 0.3) is 0 Å². The van der Waals surface area contributed by atoms with Crippen molar-refractivity contribution in [3.8, 4) is 5.75 Å². The summed E-state index contributed by atoms with van der Waals surface area (Å²) in [4.78, 5) is 0. The molecule has 0 bridgehead atoms. The number of aromatic nitrogens is 2. The third-order valence-corrected chi connectivity index (χ3v) is 2.60. The van der Waals surface area contributed by atoms with Gasteiger partial charge < -0.3 is 10.1 Å². The van der Waals surface area contributed by atoms with E-state index in [2.05, 4.69) is 14.9 Å². The van der Waals surface area contributed by atoms with Crippen molar-refractivity contribution in [1.29, 1.82) is 0 Å². The number of nitrogens with zero attached hydrogens (tertiary/aromatic N) is 2. The van der Waals surface area contributed by atoms with Crippen molar-refractivity contribution in [2.24, 2.45) is 0 Å². The summed E-state index contributed by atoms with van der Waals surface area (Å²) in [5.41, 5.74) is 2.01. The quantitative estimate of drug-likeness (QED) is 0.865. The lowest BCUT2D eigenvalue weighted by molar-refractivity contribution is 0.340. The Kier molecular flexibility index (Phi) is 3.71. The predicted molar refractivity (Wildman–Crippen MR) is 64.8 cm³/mol. The summed E-state index contributed by atoms with van der Waals surface area (Å²) < 4.78 is 9.17. The van der Waals surface area contributed by atoms with Crippen molar-refractivity contribution in [2.45, 2.75) is 13.5 Å². The van der Waals surface area contributed by atoms with Gasteiger partial charge in [-0.25, -0.2) is 0 Å². The molecular formula is C11H13N3OS. The first kappa shape index (κ1) is 10.9. The van der Waals surface area contributed by atoms with Gasteiger partial charge in [-0.3, -0.25) is 0 Å². The van der Waals surface area contributed by atoms with Gasteiger partial charge in [0.05, 0.1) is 18.8 Å². The highest BCUT2D eigenvalue weighted by Crippen LogP contribution is 2.16. The second kappa shape index (κ2) is 5.46. The number of nitrogens with one attached hydrogen (secondary N) is 1. The molecule has 2 rings (SSSR count). The van der Waals surface area contributed by atoms with E-state index in [0.29, 0.717) is 13.2 Å². The summed E-state index contributed by atoms with van der Waals surface area (Å²) in [7, 11) is 0. The topological polar surface area (TPSA) is 47.0 Å². The molecule has 0 atom stereocenters. The Labute approximate surface area is 98.4 Å². The molecule has 0 aliphatic carbocycles. The Bertz CT molecular complexity index is 413. The first-order valence-corrected chi connectivity index (χ1v) is 5.95. The van der Waals surface area contributed by atoms with Gasteiger partial charge in [-0.05, 0) is 42.7 Å². The molecule has 1 N–H and O–H groups in total. The monoisotopic (exact) mass is 235 g/mol. The smallest absolute Gasteiger partial charge is 0.119 e. The molecule has 84 valence electrons. The lowest BCUT2D eigenvalue weighted by Crippen LogP contribution is -1.99. The van der Waals surface area contributed by atoms with E-state index in [1.807, 2.05) is 36.6 Å². The van der Waals surface area contributed by atoms with Crippen molar-refractivity contribution in [3.63, 3.8) is 0 Å². The van der Waals surface area contributed by atoms with Gasteiger partial charge >= 0.3 is 0 Å². The highest BCUT2D eigenvalue weighted by molar-refractivity contribution is 7.03. The predicted octanol–water partition coefficient (Wildman–Crippen LogP) is 2.55. The molecular weight excluding hydrogens is 222 g/mol. The standard InChI is InChI=1S/C11H13N3OS/c1-2-15-11-5-3-9(4-6-11)12-7-10-8-16-14-13-10/h3-6,8,12H,2,7H2,1H3. The molecule has 5 heteroatoms. The molecule has 0 aliphatic rings. The third kappa shape index (κ3) is 2.93. The second-order valence-corrected chi connectivity index (χ2v) is 3.82. The third-order valence-electron chi connectivity index (χ3n) is 2.04. The normalized spacial score (nSPS) is 10.1. The fraction of sp³-hybridized carbons (Fsp3) is 0.273. The van der Waals surface area contributed by atoms with Crippen LogP contribution in [0.1, 0.15) is 12.6 Å². The van der Waals surface area contributed by atoms with Crippen LogP contribution < -0.4 is 10.1 Å². The summed E-state index contributed by atoms with van der Waals surface area (Å²) in [6.07, 6.45) is 0. The van der Waals surface area contributed by atoms with Crippen molar-refractivity contribution in [2.75, 3.05) is 11.9 Å². The van der Waals surface area contributed by atoms with E-state index in [9.17, 15) is 0 Å². The minimum atomic E-state index is 0.692. The van der Waals surface area contributed by atoms with Crippen molar-refractivity contribution in [3.05, 3.63) is 35.3 Å². The van der Waals surface area contributed by atoms with Crippen molar-refractivity contribution in [1.82, 2.24) is 9.59 Å². The number of hydrogen-bond donors (Lipinski definition) is 1. The summed E-state index contributed by atoms with van der Waals surface area (Å²) >= 11 is 1.36. The molecule has 1 aromatic carbocycles. The van der Waals surface area contributed by atoms with Gasteiger partial charge in [0, 0.05) is 11.1 Å². The molecule has 0 saturated carbocycles. The zero-order valence-corrected chi connectivity index (χ0v) is 9.83. The fourth-order valence-electron chi connectivity index (χ4n) is 1.29. The average molecular weight is 235 g/mol. The maximum absolute atomic E-state index is 5.36. The van der Waals surface area contributed by atoms with Gasteiger partial charge in [-0.1, -0.05) is 4.49 Å². The highest BCUT2D eigenvalue weighted by atomic mass is 32.1. The van der Waals surface area contributed by atoms with Crippen LogP contribution in [-0.2, 0) is 6.54 Å². The van der Waals surface area contributed by atoms with Crippen LogP contribution >= 0.6 is 11.5 Å². The minimum absolute atomic E-state index is 0.692. The number of benzene rings is 1. The molecule has 0 amide bonds. The largest absolute Gasteiger partial charge is 0.494 e. The highest BCUT2D eigenvalue weighted by Gasteiger charge is 1.97. The lowest BCUT2D eigenvalue weighted by Gasteiger charge is -2.06. The Morgan fingerprint density at radius 1 is 1.31 bits per heavy atom. The molecule has 0 fully saturated rings. The Morgan fingerprint density at radius 2 is 2.12 bits per heavy atom. The second-order valence-electron chi connectivity index (χ2n) is 3.21. The van der Waals surface area contributed by atoms with E-state index in [1.165, 1.54) is 11.5 Å². The van der Waals surface area contributed by atoms with Crippen LogP contribution in [0.5, 0.6) is 5.75 Å². The molecule has 2 aromatic rings. The molecule has 0 spiro atoms. The molecule has 1 heterocycles. The van der Waals surface area contributed by atoms with Crippen LogP contribution in [-0.4, -0.2) is 16.2 Å². The Hall–Kier alpha value is -1.62. The zero-order valence-electron chi connectivity index (χ0n) is 9.01. The van der Waals surface area contributed by atoms with Gasteiger partial charge in [0.25, 0.3) is 0 Å². The molecule has 0 unspecified atom stereocenters. The molecule has 0 radical (unpaired) electrons. The van der Waals surface area contributed by atoms with E-state index in [4.69, 9.17) is 4.74 Å². The van der Waals surface area contributed by atoms with E-state index < -0.39 is 0 Å². The lowest BCUT2D eigenvalue weighted by atomic mass is 10.3. The number of anilines is 1. The van der Waals surface area contributed by atoms with Gasteiger partial charge in [-0.2, -0.15) is 0 Å². The van der Waals surface area contributed by atoms with E-state index in [-0.39, 0.29) is 0 Å². The fourth-order valence-corrected chi connectivity index (χ4v) is 1.74.